The zero-order valence-electron chi connectivity index (χ0n) is 11.9. The fourth-order valence-corrected chi connectivity index (χ4v) is 2.50. The molecule has 0 saturated heterocycles. The van der Waals surface area contributed by atoms with Gasteiger partial charge in [0.15, 0.2) is 6.61 Å². The van der Waals surface area contributed by atoms with Crippen LogP contribution in [0.3, 0.4) is 0 Å². The van der Waals surface area contributed by atoms with Crippen LogP contribution in [0.25, 0.3) is 0 Å². The summed E-state index contributed by atoms with van der Waals surface area (Å²) in [6.07, 6.45) is 2.13. The third kappa shape index (κ3) is 4.11. The Balaban J connectivity index is 1.80. The van der Waals surface area contributed by atoms with Crippen LogP contribution in [0.15, 0.2) is 24.3 Å². The lowest BCUT2D eigenvalue weighted by molar-refractivity contribution is -0.142. The molecule has 0 spiro atoms. The Kier molecular flexibility index (Phi) is 5.03. The molecule has 1 aliphatic rings. The summed E-state index contributed by atoms with van der Waals surface area (Å²) >= 11 is 0. The number of carboxylic acid groups (broad SMARTS) is 1. The molecule has 2 N–H and O–H groups in total. The van der Waals surface area contributed by atoms with Crippen LogP contribution < -0.4 is 14.8 Å². The molecule has 114 valence electrons. The summed E-state index contributed by atoms with van der Waals surface area (Å²) < 4.78 is 10.4. The van der Waals surface area contributed by atoms with Gasteiger partial charge in [-0.1, -0.05) is 6.42 Å². The Bertz CT molecular complexity index is 499. The molecule has 0 radical (unpaired) electrons. The summed E-state index contributed by atoms with van der Waals surface area (Å²) in [7, 11) is 1.57. The van der Waals surface area contributed by atoms with E-state index < -0.39 is 11.9 Å². The summed E-state index contributed by atoms with van der Waals surface area (Å²) in [6, 6.07) is 6.60. The maximum atomic E-state index is 11.8. The van der Waals surface area contributed by atoms with Crippen LogP contribution in [0.4, 0.5) is 0 Å². The van der Waals surface area contributed by atoms with E-state index in [9.17, 15) is 9.59 Å². The smallest absolute Gasteiger partial charge is 0.308 e. The molecule has 1 aromatic carbocycles. The van der Waals surface area contributed by atoms with Crippen LogP contribution in [0.1, 0.15) is 19.3 Å². The number of nitrogens with one attached hydrogen (secondary N) is 1. The summed E-state index contributed by atoms with van der Waals surface area (Å²) in [5, 5.41) is 11.8. The molecule has 0 aromatic heterocycles. The molecule has 1 fully saturated rings. The Morgan fingerprint density at radius 3 is 2.52 bits per heavy atom. The molecule has 6 nitrogen and oxygen atoms in total. The van der Waals surface area contributed by atoms with Gasteiger partial charge in [-0.3, -0.25) is 9.59 Å². The minimum Gasteiger partial charge on any atom is -0.497 e. The average molecular weight is 293 g/mol. The van der Waals surface area contributed by atoms with Gasteiger partial charge in [-0.2, -0.15) is 0 Å². The summed E-state index contributed by atoms with van der Waals surface area (Å²) in [6.45, 7) is -0.130. The van der Waals surface area contributed by atoms with Crippen molar-refractivity contribution in [3.8, 4) is 11.5 Å². The predicted molar refractivity (Wildman–Crippen MR) is 75.4 cm³/mol. The number of aliphatic carboxylic acids is 1. The average Bonchev–Trinajstić information content (AvgIpc) is 2.94. The van der Waals surface area contributed by atoms with Crippen molar-refractivity contribution < 1.29 is 24.2 Å². The topological polar surface area (TPSA) is 84.9 Å². The minimum absolute atomic E-state index is 0.130. The highest BCUT2D eigenvalue weighted by Crippen LogP contribution is 2.25. The molecule has 6 heteroatoms. The molecule has 0 bridgehead atoms. The van der Waals surface area contributed by atoms with Gasteiger partial charge in [-0.15, -0.1) is 0 Å². The van der Waals surface area contributed by atoms with E-state index in [4.69, 9.17) is 14.6 Å². The monoisotopic (exact) mass is 293 g/mol. The number of hydrogen-bond donors (Lipinski definition) is 2. The molecule has 2 rings (SSSR count). The highest BCUT2D eigenvalue weighted by molar-refractivity contribution is 5.79. The number of amides is 1. The first kappa shape index (κ1) is 15.2. The lowest BCUT2D eigenvalue weighted by atomic mass is 10.0. The molecule has 1 amide bonds. The SMILES string of the molecule is COc1ccc(OCC(=O)NC2CCCC2C(=O)O)cc1. The van der Waals surface area contributed by atoms with Crippen molar-refractivity contribution >= 4 is 11.9 Å². The second-order valence-electron chi connectivity index (χ2n) is 5.01. The lowest BCUT2D eigenvalue weighted by Crippen LogP contribution is -2.42. The maximum Gasteiger partial charge on any atom is 0.308 e. The highest BCUT2D eigenvalue weighted by Gasteiger charge is 2.33. The van der Waals surface area contributed by atoms with Crippen LogP contribution in [-0.4, -0.2) is 36.7 Å². The second kappa shape index (κ2) is 6.97. The summed E-state index contributed by atoms with van der Waals surface area (Å²) in [4.78, 5) is 22.8. The van der Waals surface area contributed by atoms with Crippen molar-refractivity contribution in [2.75, 3.05) is 13.7 Å². The van der Waals surface area contributed by atoms with Gasteiger partial charge in [0.05, 0.1) is 13.0 Å². The molecule has 21 heavy (non-hydrogen) atoms. The molecule has 2 unspecified atom stereocenters. The Morgan fingerprint density at radius 2 is 1.90 bits per heavy atom. The Morgan fingerprint density at radius 1 is 1.24 bits per heavy atom. The standard InChI is InChI=1S/C15H19NO5/c1-20-10-5-7-11(8-6-10)21-9-14(17)16-13-4-2-3-12(13)15(18)19/h5-8,12-13H,2-4,9H2,1H3,(H,16,17)(H,18,19). The van der Waals surface area contributed by atoms with E-state index in [1.807, 2.05) is 0 Å². The Hall–Kier alpha value is -2.24. The van der Waals surface area contributed by atoms with Crippen LogP contribution in [0.2, 0.25) is 0 Å². The van der Waals surface area contributed by atoms with Crippen LogP contribution >= 0.6 is 0 Å². The minimum atomic E-state index is -0.853. The number of hydrogen-bond acceptors (Lipinski definition) is 4. The molecule has 0 aliphatic heterocycles. The number of benzene rings is 1. The van der Waals surface area contributed by atoms with Crippen molar-refractivity contribution in [2.45, 2.75) is 25.3 Å². The first-order valence-electron chi connectivity index (χ1n) is 6.89. The van der Waals surface area contributed by atoms with E-state index in [1.54, 1.807) is 31.4 Å². The molecule has 0 heterocycles. The van der Waals surface area contributed by atoms with Crippen molar-refractivity contribution in [1.82, 2.24) is 5.32 Å². The third-order valence-corrected chi connectivity index (χ3v) is 3.61. The van der Waals surface area contributed by atoms with Gasteiger partial charge in [-0.05, 0) is 37.1 Å². The fourth-order valence-electron chi connectivity index (χ4n) is 2.50. The highest BCUT2D eigenvalue weighted by atomic mass is 16.5. The Labute approximate surface area is 123 Å². The third-order valence-electron chi connectivity index (χ3n) is 3.61. The van der Waals surface area contributed by atoms with Gasteiger partial charge in [-0.25, -0.2) is 0 Å². The first-order valence-corrected chi connectivity index (χ1v) is 6.89. The van der Waals surface area contributed by atoms with Gasteiger partial charge >= 0.3 is 5.97 Å². The van der Waals surface area contributed by atoms with E-state index in [0.717, 1.165) is 6.42 Å². The molecule has 2 atom stereocenters. The number of carbonyl (C=O) groups excluding carboxylic acids is 1. The summed E-state index contributed by atoms with van der Waals surface area (Å²) in [5.74, 6) is -0.373. The molecule has 1 aliphatic carbocycles. The molecular weight excluding hydrogens is 274 g/mol. The van der Waals surface area contributed by atoms with Gasteiger partial charge in [0, 0.05) is 6.04 Å². The van der Waals surface area contributed by atoms with Crippen LogP contribution in [-0.2, 0) is 9.59 Å². The van der Waals surface area contributed by atoms with Gasteiger partial charge in [0.2, 0.25) is 0 Å². The molecule has 1 saturated carbocycles. The number of methoxy groups -OCH3 is 1. The first-order chi connectivity index (χ1) is 10.1. The number of carbonyl (C=O) groups is 2. The van der Waals surface area contributed by atoms with Crippen molar-refractivity contribution in [3.05, 3.63) is 24.3 Å². The number of carboxylic acids is 1. The molecule has 1 aromatic rings. The van der Waals surface area contributed by atoms with Crippen LogP contribution in [0, 0.1) is 5.92 Å². The predicted octanol–water partition coefficient (Wildman–Crippen LogP) is 1.44. The largest absolute Gasteiger partial charge is 0.497 e. The van der Waals surface area contributed by atoms with E-state index in [-0.39, 0.29) is 18.6 Å². The zero-order valence-corrected chi connectivity index (χ0v) is 11.9. The van der Waals surface area contributed by atoms with Gasteiger partial charge in [0.25, 0.3) is 5.91 Å². The molecular formula is C15H19NO5. The van der Waals surface area contributed by atoms with Gasteiger partial charge in [0.1, 0.15) is 11.5 Å². The number of rotatable bonds is 6. The van der Waals surface area contributed by atoms with Crippen LogP contribution in [0.5, 0.6) is 11.5 Å². The zero-order chi connectivity index (χ0) is 15.2. The second-order valence-corrected chi connectivity index (χ2v) is 5.01. The normalized spacial score (nSPS) is 20.8. The van der Waals surface area contributed by atoms with Crippen molar-refractivity contribution in [2.24, 2.45) is 5.92 Å². The van der Waals surface area contributed by atoms with Crippen molar-refractivity contribution in [1.29, 1.82) is 0 Å². The maximum absolute atomic E-state index is 11.8. The summed E-state index contributed by atoms with van der Waals surface area (Å²) in [5.41, 5.74) is 0. The quantitative estimate of drug-likeness (QED) is 0.829. The lowest BCUT2D eigenvalue weighted by Gasteiger charge is -2.17. The number of ether oxygens (including phenoxy) is 2. The van der Waals surface area contributed by atoms with Crippen molar-refractivity contribution in [3.63, 3.8) is 0 Å². The van der Waals surface area contributed by atoms with E-state index >= 15 is 0 Å². The fraction of sp³-hybridized carbons (Fsp3) is 0.467. The van der Waals surface area contributed by atoms with E-state index in [2.05, 4.69) is 5.32 Å². The van der Waals surface area contributed by atoms with E-state index in [0.29, 0.717) is 24.3 Å². The van der Waals surface area contributed by atoms with Gasteiger partial charge < -0.3 is 19.9 Å². The van der Waals surface area contributed by atoms with E-state index in [1.165, 1.54) is 0 Å².